The second-order valence-corrected chi connectivity index (χ2v) is 11.6. The lowest BCUT2D eigenvalue weighted by Gasteiger charge is -2.25. The van der Waals surface area contributed by atoms with Crippen molar-refractivity contribution in [1.82, 2.24) is 14.8 Å². The number of likely N-dealkylation sites (tertiary alicyclic amines) is 2. The van der Waals surface area contributed by atoms with Gasteiger partial charge in [0.2, 0.25) is 0 Å². The first-order valence-corrected chi connectivity index (χ1v) is 13.0. The molecule has 2 saturated heterocycles. The lowest BCUT2D eigenvalue weighted by Crippen LogP contribution is -2.39. The number of hydrogen-bond acceptors (Lipinski definition) is 7. The maximum absolute atomic E-state index is 15.2. The average Bonchev–Trinajstić information content (AvgIpc) is 3.20. The molecule has 13 heteroatoms. The highest BCUT2D eigenvalue weighted by Gasteiger charge is 2.62. The lowest BCUT2D eigenvalue weighted by atomic mass is 10.0. The van der Waals surface area contributed by atoms with Crippen molar-refractivity contribution in [3.63, 3.8) is 0 Å². The highest BCUT2D eigenvalue weighted by molar-refractivity contribution is 9.10. The lowest BCUT2D eigenvalue weighted by molar-refractivity contribution is -0.384. The Morgan fingerprint density at radius 2 is 1.79 bits per heavy atom. The van der Waals surface area contributed by atoms with Crippen LogP contribution in [0.3, 0.4) is 0 Å². The van der Waals surface area contributed by atoms with E-state index in [1.54, 1.807) is 11.9 Å². The van der Waals surface area contributed by atoms with Crippen LogP contribution >= 0.6 is 15.9 Å². The smallest absolute Gasteiger partial charge is 0.294 e. The van der Waals surface area contributed by atoms with Crippen LogP contribution < -0.4 is 10.6 Å². The van der Waals surface area contributed by atoms with Gasteiger partial charge in [0.05, 0.1) is 28.3 Å². The number of hydrogen-bond donors (Lipinski definition) is 2. The summed E-state index contributed by atoms with van der Waals surface area (Å²) in [5, 5.41) is 17.4. The van der Waals surface area contributed by atoms with Gasteiger partial charge in [0.25, 0.3) is 23.4 Å². The normalized spacial score (nSPS) is 24.6. The average molecular weight is 593 g/mol. The Hall–Kier alpha value is -3.35. The quantitative estimate of drug-likeness (QED) is 0.383. The first kappa shape index (κ1) is 26.3. The predicted octanol–water partition coefficient (Wildman–Crippen LogP) is 4.09. The number of pyridine rings is 1. The van der Waals surface area contributed by atoms with E-state index in [-0.39, 0.29) is 26.7 Å². The molecule has 0 radical (unpaired) electrons. The maximum Gasteiger partial charge on any atom is 0.294 e. The highest BCUT2D eigenvalue weighted by atomic mass is 79.9. The minimum absolute atomic E-state index is 0.0586. The SMILES string of the molecule is CNc1cncc(C(=O)N2C[C@H](Nc3c(C(=O)N4CC5C(C4)C5(C)C)cc(Br)cc3[N+](=O)[O-])C(F)(F)C2)c1. The van der Waals surface area contributed by atoms with E-state index < -0.39 is 47.5 Å². The molecule has 5 rings (SSSR count). The van der Waals surface area contributed by atoms with E-state index in [2.05, 4.69) is 45.4 Å². The highest BCUT2D eigenvalue weighted by Crippen LogP contribution is 2.62. The van der Waals surface area contributed by atoms with Crippen molar-refractivity contribution in [2.45, 2.75) is 25.8 Å². The third kappa shape index (κ3) is 4.46. The van der Waals surface area contributed by atoms with Crippen LogP contribution in [0.4, 0.5) is 25.8 Å². The second kappa shape index (κ2) is 9.14. The van der Waals surface area contributed by atoms with Gasteiger partial charge in [0, 0.05) is 49.6 Å². The second-order valence-electron chi connectivity index (χ2n) is 10.7. The molecule has 10 nitrogen and oxygen atoms in total. The molecule has 2 unspecified atom stereocenters. The van der Waals surface area contributed by atoms with Gasteiger partial charge in [0.15, 0.2) is 0 Å². The first-order chi connectivity index (χ1) is 17.8. The summed E-state index contributed by atoms with van der Waals surface area (Å²) in [6.07, 6.45) is 2.79. The van der Waals surface area contributed by atoms with Gasteiger partial charge in [-0.25, -0.2) is 8.78 Å². The van der Waals surface area contributed by atoms with Crippen molar-refractivity contribution in [1.29, 1.82) is 0 Å². The first-order valence-electron chi connectivity index (χ1n) is 12.2. The predicted molar refractivity (Wildman–Crippen MR) is 140 cm³/mol. The molecule has 3 aliphatic rings. The summed E-state index contributed by atoms with van der Waals surface area (Å²) in [6.45, 7) is 4.00. The van der Waals surface area contributed by atoms with E-state index in [9.17, 15) is 19.7 Å². The summed E-state index contributed by atoms with van der Waals surface area (Å²) >= 11 is 3.22. The van der Waals surface area contributed by atoms with E-state index in [4.69, 9.17) is 0 Å². The zero-order valence-corrected chi connectivity index (χ0v) is 22.6. The molecule has 3 heterocycles. The molecule has 2 N–H and O–H groups in total. The van der Waals surface area contributed by atoms with Crippen LogP contribution in [0.15, 0.2) is 35.1 Å². The van der Waals surface area contributed by atoms with Crippen molar-refractivity contribution < 1.29 is 23.3 Å². The van der Waals surface area contributed by atoms with Gasteiger partial charge in [0.1, 0.15) is 11.7 Å². The number of amides is 2. The number of alkyl halides is 2. The largest absolute Gasteiger partial charge is 0.387 e. The topological polar surface area (TPSA) is 121 Å². The van der Waals surface area contributed by atoms with Gasteiger partial charge in [-0.05, 0) is 29.4 Å². The van der Waals surface area contributed by atoms with E-state index >= 15 is 8.78 Å². The molecular weight excluding hydrogens is 566 g/mol. The Bertz CT molecular complexity index is 1320. The molecule has 0 bridgehead atoms. The fourth-order valence-electron chi connectivity index (χ4n) is 5.66. The molecule has 1 saturated carbocycles. The molecule has 2 amide bonds. The van der Waals surface area contributed by atoms with E-state index in [1.165, 1.54) is 30.6 Å². The third-order valence-corrected chi connectivity index (χ3v) is 8.57. The van der Waals surface area contributed by atoms with Crippen molar-refractivity contribution in [3.8, 4) is 0 Å². The maximum atomic E-state index is 15.2. The number of halogens is 3. The molecule has 202 valence electrons. The fraction of sp³-hybridized carbons (Fsp3) is 0.480. The number of aromatic nitrogens is 1. The van der Waals surface area contributed by atoms with Gasteiger partial charge >= 0.3 is 0 Å². The minimum atomic E-state index is -3.41. The van der Waals surface area contributed by atoms with Crippen LogP contribution in [0.5, 0.6) is 0 Å². The van der Waals surface area contributed by atoms with Crippen molar-refractivity contribution in [3.05, 3.63) is 56.3 Å². The Morgan fingerprint density at radius 1 is 1.11 bits per heavy atom. The number of anilines is 2. The number of benzene rings is 1. The number of carbonyl (C=O) groups excluding carboxylic acids is 2. The van der Waals surface area contributed by atoms with Crippen LogP contribution in [0, 0.1) is 27.4 Å². The number of rotatable bonds is 6. The zero-order valence-electron chi connectivity index (χ0n) is 21.0. The van der Waals surface area contributed by atoms with Crippen molar-refractivity contribution >= 4 is 44.8 Å². The number of nitrogens with one attached hydrogen (secondary N) is 2. The Kier molecular flexibility index (Phi) is 6.32. The molecule has 0 spiro atoms. The molecule has 2 aliphatic heterocycles. The fourth-order valence-corrected chi connectivity index (χ4v) is 6.11. The summed E-state index contributed by atoms with van der Waals surface area (Å²) < 4.78 is 30.7. The molecule has 2 aromatic rings. The number of nitrogens with zero attached hydrogens (tertiary/aromatic N) is 4. The summed E-state index contributed by atoms with van der Waals surface area (Å²) in [6, 6.07) is 2.45. The van der Waals surface area contributed by atoms with Gasteiger partial charge in [-0.1, -0.05) is 29.8 Å². The number of fused-ring (bicyclic) bond motifs is 1. The van der Waals surface area contributed by atoms with Crippen LogP contribution in [0.2, 0.25) is 0 Å². The summed E-state index contributed by atoms with van der Waals surface area (Å²) in [7, 11) is 1.64. The van der Waals surface area contributed by atoms with E-state index in [0.717, 1.165) is 4.90 Å². The molecule has 3 fully saturated rings. The van der Waals surface area contributed by atoms with Gasteiger partial charge < -0.3 is 20.4 Å². The van der Waals surface area contributed by atoms with Crippen molar-refractivity contribution in [2.24, 2.45) is 17.3 Å². The van der Waals surface area contributed by atoms with Crippen LogP contribution in [-0.4, -0.2) is 76.7 Å². The number of piperidine rings is 1. The Morgan fingerprint density at radius 3 is 2.42 bits per heavy atom. The molecule has 1 aromatic carbocycles. The van der Waals surface area contributed by atoms with Crippen LogP contribution in [0.1, 0.15) is 34.6 Å². The number of nitro groups is 1. The number of carbonyl (C=O) groups is 2. The van der Waals surface area contributed by atoms with Gasteiger partial charge in [-0.3, -0.25) is 24.7 Å². The summed E-state index contributed by atoms with van der Waals surface area (Å²) in [4.78, 5) is 44.3. The standard InChI is InChI=1S/C25H27BrF2N6O4/c1-24(2)17-9-32(10-18(17)24)23(36)16-5-14(26)6-19(34(37)38)21(16)31-20-11-33(12-25(20,27)28)22(35)13-4-15(29-3)8-30-7-13/h4-8,17-18,20,29,31H,9-12H2,1-3H3/t17?,18?,20-/m0/s1. The summed E-state index contributed by atoms with van der Waals surface area (Å²) in [5.41, 5.74) is -0.00977. The van der Waals surface area contributed by atoms with Crippen LogP contribution in [0.25, 0.3) is 0 Å². The molecule has 38 heavy (non-hydrogen) atoms. The molecule has 3 atom stereocenters. The molecule has 1 aliphatic carbocycles. The Labute approximate surface area is 226 Å². The van der Waals surface area contributed by atoms with E-state index in [1.807, 2.05) is 0 Å². The van der Waals surface area contributed by atoms with Crippen molar-refractivity contribution in [2.75, 3.05) is 43.9 Å². The monoisotopic (exact) mass is 592 g/mol. The minimum Gasteiger partial charge on any atom is -0.387 e. The third-order valence-electron chi connectivity index (χ3n) is 8.11. The van der Waals surface area contributed by atoms with E-state index in [0.29, 0.717) is 30.6 Å². The molecule has 1 aromatic heterocycles. The van der Waals surface area contributed by atoms with Gasteiger partial charge in [-0.15, -0.1) is 0 Å². The molecular formula is C25H27BrF2N6O4. The Balaban J connectivity index is 1.43. The van der Waals surface area contributed by atoms with Gasteiger partial charge in [-0.2, -0.15) is 0 Å². The summed E-state index contributed by atoms with van der Waals surface area (Å²) in [5.74, 6) is -3.81. The number of nitro benzene ring substituents is 1. The zero-order chi connectivity index (χ0) is 27.6. The van der Waals surface area contributed by atoms with Crippen LogP contribution in [-0.2, 0) is 0 Å².